The van der Waals surface area contributed by atoms with Crippen molar-refractivity contribution in [3.63, 3.8) is 0 Å². The molecule has 0 radical (unpaired) electrons. The molecule has 7 heteroatoms. The topological polar surface area (TPSA) is 57.6 Å². The third-order valence-corrected chi connectivity index (χ3v) is 7.24. The Morgan fingerprint density at radius 1 is 1.00 bits per heavy atom. The molecule has 1 aliphatic rings. The number of fused-ring (bicyclic) bond motifs is 1. The average molecular weight is 484 g/mol. The van der Waals surface area contributed by atoms with Crippen molar-refractivity contribution in [1.82, 2.24) is 0 Å². The van der Waals surface area contributed by atoms with Crippen molar-refractivity contribution in [2.45, 2.75) is 44.4 Å². The lowest BCUT2D eigenvalue weighted by molar-refractivity contribution is -0.120. The van der Waals surface area contributed by atoms with E-state index in [0.29, 0.717) is 33.1 Å². The van der Waals surface area contributed by atoms with Crippen molar-refractivity contribution in [3.8, 4) is 0 Å². The fourth-order valence-electron chi connectivity index (χ4n) is 4.34. The zero-order chi connectivity index (χ0) is 25.1. The summed E-state index contributed by atoms with van der Waals surface area (Å²) in [4.78, 5) is 26.9. The number of aromatic carboxylic acids is 1. The molecule has 1 amide bonds. The second-order valence-corrected chi connectivity index (χ2v) is 9.81. The van der Waals surface area contributed by atoms with Crippen LogP contribution in [0.2, 0.25) is 5.02 Å². The van der Waals surface area contributed by atoms with Crippen LogP contribution in [0.4, 0.5) is 20.2 Å². The van der Waals surface area contributed by atoms with Crippen LogP contribution in [0.25, 0.3) is 0 Å². The lowest BCUT2D eigenvalue weighted by Crippen LogP contribution is -2.38. The first kappa shape index (κ1) is 23.9. The van der Waals surface area contributed by atoms with Crippen LogP contribution in [0.5, 0.6) is 0 Å². The van der Waals surface area contributed by atoms with Crippen LogP contribution in [-0.4, -0.2) is 22.9 Å². The Bertz CT molecular complexity index is 1300. The molecule has 0 fully saturated rings. The molecule has 0 bridgehead atoms. The van der Waals surface area contributed by atoms with Gasteiger partial charge in [0.25, 0.3) is 5.92 Å². The van der Waals surface area contributed by atoms with Crippen molar-refractivity contribution in [2.75, 3.05) is 4.90 Å². The zero-order valence-corrected chi connectivity index (χ0v) is 20.0. The summed E-state index contributed by atoms with van der Waals surface area (Å²) in [6.45, 7) is 5.62. The van der Waals surface area contributed by atoms with Crippen LogP contribution >= 0.6 is 11.6 Å². The highest BCUT2D eigenvalue weighted by molar-refractivity contribution is 6.31. The van der Waals surface area contributed by atoms with Gasteiger partial charge in [-0.15, -0.1) is 0 Å². The Kier molecular flexibility index (Phi) is 5.56. The van der Waals surface area contributed by atoms with Crippen molar-refractivity contribution in [2.24, 2.45) is 0 Å². The number of halogens is 3. The van der Waals surface area contributed by atoms with Crippen molar-refractivity contribution < 1.29 is 23.5 Å². The maximum Gasteiger partial charge on any atom is 0.335 e. The van der Waals surface area contributed by atoms with Crippen molar-refractivity contribution in [1.29, 1.82) is 0 Å². The number of nitrogens with zero attached hydrogens (tertiary/aromatic N) is 1. The molecule has 3 aromatic carbocycles. The van der Waals surface area contributed by atoms with Crippen LogP contribution in [-0.2, 0) is 15.6 Å². The first-order valence-corrected chi connectivity index (χ1v) is 11.1. The largest absolute Gasteiger partial charge is 0.478 e. The predicted molar refractivity (Wildman–Crippen MR) is 129 cm³/mol. The van der Waals surface area contributed by atoms with Gasteiger partial charge in [0.1, 0.15) is 0 Å². The van der Waals surface area contributed by atoms with Gasteiger partial charge in [-0.1, -0.05) is 55.8 Å². The Labute approximate surface area is 201 Å². The fourth-order valence-corrected chi connectivity index (χ4v) is 4.51. The fraction of sp³-hybridized carbons (Fsp3) is 0.259. The number of carboxylic acids is 1. The molecule has 3 aromatic rings. The lowest BCUT2D eigenvalue weighted by Gasteiger charge is -2.32. The normalized spacial score (nSPS) is 18.2. The van der Waals surface area contributed by atoms with Gasteiger partial charge >= 0.3 is 5.97 Å². The molecule has 0 aromatic heterocycles. The summed E-state index contributed by atoms with van der Waals surface area (Å²) in [5, 5.41) is 9.85. The van der Waals surface area contributed by atoms with Crippen LogP contribution in [0, 0.1) is 0 Å². The maximum atomic E-state index is 14.2. The quantitative estimate of drug-likeness (QED) is 0.427. The summed E-state index contributed by atoms with van der Waals surface area (Å²) in [6, 6.07) is 17.9. The molecule has 0 spiro atoms. The van der Waals surface area contributed by atoms with Gasteiger partial charge in [0.15, 0.2) is 0 Å². The number of carbonyl (C=O) groups excluding carboxylic acids is 1. The van der Waals surface area contributed by atoms with Crippen molar-refractivity contribution in [3.05, 3.63) is 94.0 Å². The van der Waals surface area contributed by atoms with Gasteiger partial charge < -0.3 is 5.11 Å². The third-order valence-electron chi connectivity index (χ3n) is 7.00. The van der Waals surface area contributed by atoms with Crippen LogP contribution in [0.3, 0.4) is 0 Å². The summed E-state index contributed by atoms with van der Waals surface area (Å²) in [5.41, 5.74) is 0.240. The number of carbonyl (C=O) groups is 2. The number of anilines is 2. The molecule has 1 heterocycles. The number of benzene rings is 3. The molecule has 0 saturated carbocycles. The molecular weight excluding hydrogens is 460 g/mol. The van der Waals surface area contributed by atoms with E-state index >= 15 is 0 Å². The minimum Gasteiger partial charge on any atom is -0.478 e. The van der Waals surface area contributed by atoms with E-state index in [1.807, 2.05) is 0 Å². The van der Waals surface area contributed by atoms with Crippen LogP contribution in [0.1, 0.15) is 54.7 Å². The highest BCUT2D eigenvalue weighted by Gasteiger charge is 2.50. The third kappa shape index (κ3) is 3.57. The molecular formula is C27H24ClF2NO3. The monoisotopic (exact) mass is 483 g/mol. The van der Waals surface area contributed by atoms with E-state index < -0.39 is 22.7 Å². The van der Waals surface area contributed by atoms with E-state index in [9.17, 15) is 23.5 Å². The first-order valence-electron chi connectivity index (χ1n) is 10.8. The van der Waals surface area contributed by atoms with Crippen molar-refractivity contribution >= 4 is 34.9 Å². The number of hydrogen-bond acceptors (Lipinski definition) is 2. The molecule has 0 saturated heterocycles. The molecule has 4 nitrogen and oxygen atoms in total. The molecule has 1 aliphatic heterocycles. The minimum absolute atomic E-state index is 0.0569. The maximum absolute atomic E-state index is 14.2. The molecule has 176 valence electrons. The molecule has 1 unspecified atom stereocenters. The number of alkyl halides is 2. The Morgan fingerprint density at radius 2 is 1.65 bits per heavy atom. The molecule has 1 N–H and O–H groups in total. The predicted octanol–water partition coefficient (Wildman–Crippen LogP) is 6.96. The highest BCUT2D eigenvalue weighted by Crippen LogP contribution is 2.50. The van der Waals surface area contributed by atoms with E-state index in [2.05, 4.69) is 0 Å². The number of hydrogen-bond donors (Lipinski definition) is 1. The smallest absolute Gasteiger partial charge is 0.335 e. The van der Waals surface area contributed by atoms with Gasteiger partial charge in [0, 0.05) is 17.6 Å². The second kappa shape index (κ2) is 7.91. The van der Waals surface area contributed by atoms with Crippen LogP contribution < -0.4 is 4.90 Å². The Morgan fingerprint density at radius 3 is 2.24 bits per heavy atom. The van der Waals surface area contributed by atoms with Gasteiger partial charge in [-0.2, -0.15) is 0 Å². The van der Waals surface area contributed by atoms with Gasteiger partial charge in [-0.05, 0) is 60.0 Å². The SMILES string of the molecule is CC1(c2ccc(C(C)(C)C(C)(F)F)cc2)C(=O)N(c2cccc(C(=O)O)c2)c2ccc(Cl)cc21. The van der Waals surface area contributed by atoms with Gasteiger partial charge in [-0.3, -0.25) is 9.69 Å². The minimum atomic E-state index is -2.94. The lowest BCUT2D eigenvalue weighted by atomic mass is 9.74. The number of carboxylic acid groups (broad SMARTS) is 1. The summed E-state index contributed by atoms with van der Waals surface area (Å²) in [7, 11) is 0. The van der Waals surface area contributed by atoms with Crippen LogP contribution in [0.15, 0.2) is 66.7 Å². The van der Waals surface area contributed by atoms with E-state index in [0.717, 1.165) is 6.92 Å². The Balaban J connectivity index is 1.86. The van der Waals surface area contributed by atoms with Gasteiger partial charge in [0.05, 0.1) is 22.1 Å². The van der Waals surface area contributed by atoms with E-state index in [4.69, 9.17) is 11.6 Å². The van der Waals surface area contributed by atoms with E-state index in [1.165, 1.54) is 30.9 Å². The molecule has 34 heavy (non-hydrogen) atoms. The van der Waals surface area contributed by atoms with E-state index in [-0.39, 0.29) is 11.5 Å². The summed E-state index contributed by atoms with van der Waals surface area (Å²) >= 11 is 6.29. The zero-order valence-electron chi connectivity index (χ0n) is 19.2. The first-order chi connectivity index (χ1) is 15.8. The standard InChI is InChI=1S/C27H24ClF2NO3/c1-25(2,27(4,29)30)17-8-10-18(11-9-17)26(3)21-15-19(28)12-13-22(21)31(24(26)34)20-7-5-6-16(14-20)23(32)33/h5-15H,1-4H3,(H,32,33). The summed E-state index contributed by atoms with van der Waals surface area (Å²) in [6.07, 6.45) is 0. The second-order valence-electron chi connectivity index (χ2n) is 9.37. The Hall–Kier alpha value is -3.25. The van der Waals surface area contributed by atoms with E-state index in [1.54, 1.807) is 61.5 Å². The highest BCUT2D eigenvalue weighted by atomic mass is 35.5. The molecule has 4 rings (SSSR count). The molecule has 0 aliphatic carbocycles. The van der Waals surface area contributed by atoms with Gasteiger partial charge in [0.2, 0.25) is 5.91 Å². The molecule has 1 atom stereocenters. The summed E-state index contributed by atoms with van der Waals surface area (Å²) in [5.74, 6) is -4.33. The number of amides is 1. The average Bonchev–Trinajstić information content (AvgIpc) is 3.00. The van der Waals surface area contributed by atoms with Gasteiger partial charge in [-0.25, -0.2) is 13.6 Å². The number of rotatable bonds is 5. The summed E-state index contributed by atoms with van der Waals surface area (Å²) < 4.78 is 28.4.